The minimum absolute atomic E-state index is 0.0838. The van der Waals surface area contributed by atoms with Gasteiger partial charge in [0, 0.05) is 29.9 Å². The molecule has 0 spiro atoms. The lowest BCUT2D eigenvalue weighted by Gasteiger charge is -2.25. The number of pyridine rings is 1. The molecule has 10 heteroatoms. The topological polar surface area (TPSA) is 130 Å². The molecule has 1 fully saturated rings. The maximum absolute atomic E-state index is 12.9. The summed E-state index contributed by atoms with van der Waals surface area (Å²) < 4.78 is 5.38. The number of hydrogen-bond acceptors (Lipinski definition) is 8. The van der Waals surface area contributed by atoms with Gasteiger partial charge < -0.3 is 19.7 Å². The fourth-order valence-electron chi connectivity index (χ4n) is 4.04. The van der Waals surface area contributed by atoms with E-state index in [1.807, 2.05) is 26.8 Å². The minimum atomic E-state index is -0.357. The Hall–Kier alpha value is -3.56. The van der Waals surface area contributed by atoms with Crippen LogP contribution in [0.15, 0.2) is 21.7 Å². The first-order valence-electron chi connectivity index (χ1n) is 10.2. The van der Waals surface area contributed by atoms with Crippen molar-refractivity contribution in [2.24, 2.45) is 0 Å². The standard InChI is InChI=1S/C21H25N7O3/c1-11-8-12(2)25-19(29)15(11)9-22-20(30)17-13(3)18(24-10-23-17)28-7-5-6-16(28)21-26-14(4)27-31-21/h8,10,16H,5-7,9H2,1-4H3,(H,22,30)(H,25,29)/t16-/m1/s1. The number of rotatable bonds is 5. The van der Waals surface area contributed by atoms with Crippen molar-refractivity contribution in [1.82, 2.24) is 30.4 Å². The summed E-state index contributed by atoms with van der Waals surface area (Å²) in [6.07, 6.45) is 3.20. The van der Waals surface area contributed by atoms with Crippen LogP contribution in [0.5, 0.6) is 0 Å². The molecule has 10 nitrogen and oxygen atoms in total. The number of hydrogen-bond donors (Lipinski definition) is 2. The summed E-state index contributed by atoms with van der Waals surface area (Å²) in [5.41, 5.74) is 2.88. The van der Waals surface area contributed by atoms with Gasteiger partial charge in [0.15, 0.2) is 5.82 Å². The molecule has 0 unspecified atom stereocenters. The van der Waals surface area contributed by atoms with Crippen LogP contribution in [0.4, 0.5) is 5.82 Å². The van der Waals surface area contributed by atoms with E-state index in [2.05, 4.69) is 35.3 Å². The molecule has 4 heterocycles. The van der Waals surface area contributed by atoms with E-state index in [1.54, 1.807) is 6.92 Å². The van der Waals surface area contributed by atoms with Crippen molar-refractivity contribution in [2.75, 3.05) is 11.4 Å². The molecule has 0 aliphatic carbocycles. The molecule has 0 saturated carbocycles. The van der Waals surface area contributed by atoms with Gasteiger partial charge in [0.05, 0.1) is 0 Å². The first-order chi connectivity index (χ1) is 14.8. The van der Waals surface area contributed by atoms with Gasteiger partial charge in [0.1, 0.15) is 23.9 Å². The fourth-order valence-corrected chi connectivity index (χ4v) is 4.04. The summed E-state index contributed by atoms with van der Waals surface area (Å²) in [7, 11) is 0. The first kappa shape index (κ1) is 20.7. The number of H-pyrrole nitrogens is 1. The van der Waals surface area contributed by atoms with Crippen LogP contribution in [0, 0.1) is 27.7 Å². The molecule has 0 radical (unpaired) electrons. The summed E-state index contributed by atoms with van der Waals surface area (Å²) in [6, 6.07) is 1.79. The molecule has 0 bridgehead atoms. The highest BCUT2D eigenvalue weighted by Gasteiger charge is 2.33. The minimum Gasteiger partial charge on any atom is -0.346 e. The molecule has 1 saturated heterocycles. The Morgan fingerprint density at radius 2 is 2.10 bits per heavy atom. The van der Waals surface area contributed by atoms with E-state index in [9.17, 15) is 9.59 Å². The highest BCUT2D eigenvalue weighted by molar-refractivity contribution is 5.94. The van der Waals surface area contributed by atoms with Gasteiger partial charge in [-0.2, -0.15) is 4.98 Å². The van der Waals surface area contributed by atoms with Crippen molar-refractivity contribution in [2.45, 2.75) is 53.1 Å². The number of anilines is 1. The van der Waals surface area contributed by atoms with Crippen molar-refractivity contribution >= 4 is 11.7 Å². The Kier molecular flexibility index (Phi) is 5.53. The van der Waals surface area contributed by atoms with Crippen molar-refractivity contribution < 1.29 is 9.32 Å². The zero-order chi connectivity index (χ0) is 22.1. The lowest BCUT2D eigenvalue weighted by atomic mass is 10.1. The van der Waals surface area contributed by atoms with Gasteiger partial charge in [-0.1, -0.05) is 5.16 Å². The Morgan fingerprint density at radius 3 is 2.81 bits per heavy atom. The van der Waals surface area contributed by atoms with Gasteiger partial charge in [-0.25, -0.2) is 9.97 Å². The third kappa shape index (κ3) is 4.05. The zero-order valence-corrected chi connectivity index (χ0v) is 18.0. The predicted octanol–water partition coefficient (Wildman–Crippen LogP) is 2.05. The summed E-state index contributed by atoms with van der Waals surface area (Å²) in [6.45, 7) is 8.16. The van der Waals surface area contributed by atoms with E-state index in [0.717, 1.165) is 30.6 Å². The largest absolute Gasteiger partial charge is 0.346 e. The maximum Gasteiger partial charge on any atom is 0.270 e. The van der Waals surface area contributed by atoms with Gasteiger partial charge in [0.2, 0.25) is 5.89 Å². The monoisotopic (exact) mass is 423 g/mol. The van der Waals surface area contributed by atoms with Crippen LogP contribution in [0.1, 0.15) is 63.5 Å². The smallest absolute Gasteiger partial charge is 0.270 e. The Labute approximate surface area is 179 Å². The molecule has 1 aliphatic rings. The molecule has 4 rings (SSSR count). The molecule has 1 amide bonds. The van der Waals surface area contributed by atoms with Crippen molar-refractivity contribution in [3.05, 3.63) is 62.5 Å². The second-order valence-corrected chi connectivity index (χ2v) is 7.83. The van der Waals surface area contributed by atoms with Crippen molar-refractivity contribution in [1.29, 1.82) is 0 Å². The first-order valence-corrected chi connectivity index (χ1v) is 10.2. The van der Waals surface area contributed by atoms with Crippen LogP contribution in [-0.4, -0.2) is 37.5 Å². The van der Waals surface area contributed by atoms with Crippen LogP contribution >= 0.6 is 0 Å². The van der Waals surface area contributed by atoms with Crippen LogP contribution in [-0.2, 0) is 6.54 Å². The molecule has 1 atom stereocenters. The van der Waals surface area contributed by atoms with E-state index in [4.69, 9.17) is 4.52 Å². The number of nitrogens with one attached hydrogen (secondary N) is 2. The van der Waals surface area contributed by atoms with Gasteiger partial charge >= 0.3 is 0 Å². The van der Waals surface area contributed by atoms with E-state index >= 15 is 0 Å². The third-order valence-corrected chi connectivity index (χ3v) is 5.55. The number of nitrogens with zero attached hydrogens (tertiary/aromatic N) is 5. The second kappa shape index (κ2) is 8.29. The summed E-state index contributed by atoms with van der Waals surface area (Å²) in [5, 5.41) is 6.71. The summed E-state index contributed by atoms with van der Waals surface area (Å²) >= 11 is 0. The lowest BCUT2D eigenvalue weighted by molar-refractivity contribution is 0.0945. The SMILES string of the molecule is Cc1noc([C@H]2CCCN2c2ncnc(C(=O)NCc3c(C)cc(C)[nH]c3=O)c2C)n1. The quantitative estimate of drug-likeness (QED) is 0.638. The van der Waals surface area contributed by atoms with Crippen molar-refractivity contribution in [3.63, 3.8) is 0 Å². The van der Waals surface area contributed by atoms with E-state index in [0.29, 0.717) is 28.7 Å². The molecule has 31 heavy (non-hydrogen) atoms. The second-order valence-electron chi connectivity index (χ2n) is 7.83. The Bertz CT molecular complexity index is 1180. The van der Waals surface area contributed by atoms with E-state index < -0.39 is 0 Å². The third-order valence-electron chi connectivity index (χ3n) is 5.55. The molecule has 3 aromatic heterocycles. The van der Waals surface area contributed by atoms with Gasteiger partial charge in [-0.3, -0.25) is 9.59 Å². The van der Waals surface area contributed by atoms with Gasteiger partial charge in [0.25, 0.3) is 11.5 Å². The predicted molar refractivity (Wildman–Crippen MR) is 113 cm³/mol. The average Bonchev–Trinajstić information content (AvgIpc) is 3.36. The highest BCUT2D eigenvalue weighted by atomic mass is 16.5. The lowest BCUT2D eigenvalue weighted by Crippen LogP contribution is -2.30. The molecular formula is C21H25N7O3. The fraction of sp³-hybridized carbons (Fsp3) is 0.429. The van der Waals surface area contributed by atoms with Crippen molar-refractivity contribution in [3.8, 4) is 0 Å². The number of aromatic nitrogens is 5. The molecule has 162 valence electrons. The van der Waals surface area contributed by atoms with Crippen LogP contribution in [0.25, 0.3) is 0 Å². The van der Waals surface area contributed by atoms with Gasteiger partial charge in [-0.05, 0) is 52.2 Å². The number of aryl methyl sites for hydroxylation is 3. The van der Waals surface area contributed by atoms with Crippen LogP contribution in [0.3, 0.4) is 0 Å². The number of carbonyl (C=O) groups is 1. The summed E-state index contributed by atoms with van der Waals surface area (Å²) in [5.74, 6) is 1.45. The Balaban J connectivity index is 1.56. The number of carbonyl (C=O) groups excluding carboxylic acids is 1. The molecule has 0 aromatic carbocycles. The molecule has 1 aliphatic heterocycles. The molecule has 3 aromatic rings. The summed E-state index contributed by atoms with van der Waals surface area (Å²) in [4.78, 5) is 42.9. The van der Waals surface area contributed by atoms with Crippen LogP contribution < -0.4 is 15.8 Å². The zero-order valence-electron chi connectivity index (χ0n) is 18.0. The molecular weight excluding hydrogens is 398 g/mol. The van der Waals surface area contributed by atoms with E-state index in [1.165, 1.54) is 6.33 Å². The van der Waals surface area contributed by atoms with Crippen LogP contribution in [0.2, 0.25) is 0 Å². The number of aromatic amines is 1. The average molecular weight is 423 g/mol. The Morgan fingerprint density at radius 1 is 1.29 bits per heavy atom. The number of amides is 1. The highest BCUT2D eigenvalue weighted by Crippen LogP contribution is 2.36. The maximum atomic E-state index is 12.9. The van der Waals surface area contributed by atoms with Gasteiger partial charge in [-0.15, -0.1) is 0 Å². The normalized spacial score (nSPS) is 16.0. The van der Waals surface area contributed by atoms with E-state index in [-0.39, 0.29) is 29.7 Å². The molecule has 2 N–H and O–H groups in total.